The third kappa shape index (κ3) is 3.26. The highest BCUT2D eigenvalue weighted by atomic mass is 35.5. The normalized spacial score (nSPS) is 21.9. The minimum Gasteiger partial charge on any atom is -0.295 e. The Hall–Kier alpha value is -2.18. The first-order valence-corrected chi connectivity index (χ1v) is 11.2. The van der Waals surface area contributed by atoms with Gasteiger partial charge >= 0.3 is 0 Å². The Morgan fingerprint density at radius 3 is 2.47 bits per heavy atom. The molecular formula is C23H29ClN6. The highest BCUT2D eigenvalue weighted by Gasteiger charge is 2.31. The van der Waals surface area contributed by atoms with Gasteiger partial charge in [-0.3, -0.25) is 14.1 Å². The van der Waals surface area contributed by atoms with Crippen molar-refractivity contribution in [2.24, 2.45) is 0 Å². The molecule has 0 N–H and O–H groups in total. The number of rotatable bonds is 2. The Kier molecular flexibility index (Phi) is 4.94. The maximum Gasteiger partial charge on any atom is 0.151 e. The summed E-state index contributed by atoms with van der Waals surface area (Å²) in [6.45, 7) is 8.13. The van der Waals surface area contributed by atoms with Gasteiger partial charge in [-0.25, -0.2) is 0 Å². The van der Waals surface area contributed by atoms with Gasteiger partial charge in [0.25, 0.3) is 0 Å². The first-order valence-electron chi connectivity index (χ1n) is 10.9. The zero-order valence-electron chi connectivity index (χ0n) is 18.2. The lowest BCUT2D eigenvalue weighted by molar-refractivity contribution is 0.292. The molecule has 0 amide bonds. The summed E-state index contributed by atoms with van der Waals surface area (Å²) in [4.78, 5) is 2.27. The van der Waals surface area contributed by atoms with Gasteiger partial charge in [0.1, 0.15) is 5.82 Å². The van der Waals surface area contributed by atoms with Crippen LogP contribution in [0.2, 0.25) is 5.02 Å². The molecule has 30 heavy (non-hydrogen) atoms. The number of hydrogen-bond donors (Lipinski definition) is 0. The fourth-order valence-corrected chi connectivity index (χ4v) is 5.32. The second kappa shape index (κ2) is 7.50. The minimum absolute atomic E-state index is 0.424. The van der Waals surface area contributed by atoms with Crippen LogP contribution >= 0.6 is 11.6 Å². The van der Waals surface area contributed by atoms with Crippen LogP contribution in [0.5, 0.6) is 0 Å². The summed E-state index contributed by atoms with van der Waals surface area (Å²) < 4.78 is 4.56. The largest absolute Gasteiger partial charge is 0.295 e. The fraction of sp³-hybridized carbons (Fsp3) is 0.522. The van der Waals surface area contributed by atoms with E-state index in [0.29, 0.717) is 12.0 Å². The summed E-state index contributed by atoms with van der Waals surface area (Å²) in [7, 11) is 2.12. The van der Waals surface area contributed by atoms with Gasteiger partial charge in [-0.15, -0.1) is 10.2 Å². The predicted molar refractivity (Wildman–Crippen MR) is 118 cm³/mol. The fourth-order valence-electron chi connectivity index (χ4n) is 5.13. The van der Waals surface area contributed by atoms with Crippen LogP contribution in [0.4, 0.5) is 0 Å². The molecule has 3 heterocycles. The highest BCUT2D eigenvalue weighted by molar-refractivity contribution is 6.30. The van der Waals surface area contributed by atoms with Crippen LogP contribution in [0.3, 0.4) is 0 Å². The molecule has 6 nitrogen and oxygen atoms in total. The molecule has 1 aliphatic heterocycles. The Labute approximate surface area is 182 Å². The van der Waals surface area contributed by atoms with Gasteiger partial charge in [-0.05, 0) is 82.8 Å². The molecule has 2 aromatic heterocycles. The van der Waals surface area contributed by atoms with Crippen molar-refractivity contribution >= 4 is 11.6 Å². The molecule has 1 aromatic carbocycles. The van der Waals surface area contributed by atoms with Gasteiger partial charge in [0, 0.05) is 23.2 Å². The van der Waals surface area contributed by atoms with Crippen molar-refractivity contribution in [2.45, 2.75) is 71.5 Å². The molecule has 158 valence electrons. The molecule has 1 aliphatic carbocycles. The lowest BCUT2D eigenvalue weighted by atomic mass is 9.85. The molecule has 7 heteroatoms. The number of hydrogen-bond acceptors (Lipinski definition) is 4. The van der Waals surface area contributed by atoms with Gasteiger partial charge in [-0.2, -0.15) is 5.10 Å². The standard InChI is InChI=1S/C23H29ClN6/c1-14-15(2)27-30(16(14)3)20-8-5-17(6-9-20)23-26-25-22-13-28(4)12-18-11-19(24)7-10-21(18)29(22)23/h7,10-11,17,20H,5-6,8-9,12-13H2,1-4H3. The smallest absolute Gasteiger partial charge is 0.151 e. The molecular weight excluding hydrogens is 396 g/mol. The third-order valence-corrected chi connectivity index (χ3v) is 7.22. The molecule has 3 aromatic rings. The SMILES string of the molecule is Cc1nn(C2CCC(c3nnc4n3-c3ccc(Cl)cc3CN(C)C4)CC2)c(C)c1C. The zero-order valence-corrected chi connectivity index (χ0v) is 18.9. The quantitative estimate of drug-likeness (QED) is 0.587. The molecule has 1 saturated carbocycles. The molecule has 0 spiro atoms. The number of halogens is 1. The first-order chi connectivity index (χ1) is 14.4. The number of nitrogens with zero attached hydrogens (tertiary/aromatic N) is 6. The van der Waals surface area contributed by atoms with E-state index >= 15 is 0 Å². The maximum absolute atomic E-state index is 6.30. The van der Waals surface area contributed by atoms with Crippen molar-refractivity contribution in [3.63, 3.8) is 0 Å². The number of fused-ring (bicyclic) bond motifs is 3. The zero-order chi connectivity index (χ0) is 21.0. The molecule has 2 aliphatic rings. The molecule has 0 unspecified atom stereocenters. The summed E-state index contributed by atoms with van der Waals surface area (Å²) in [5.74, 6) is 2.55. The average Bonchev–Trinajstić information content (AvgIpc) is 3.20. The minimum atomic E-state index is 0.424. The molecule has 0 saturated heterocycles. The van der Waals surface area contributed by atoms with E-state index in [4.69, 9.17) is 16.7 Å². The van der Waals surface area contributed by atoms with Gasteiger partial charge in [0.05, 0.1) is 24.0 Å². The predicted octanol–water partition coefficient (Wildman–Crippen LogP) is 4.89. The van der Waals surface area contributed by atoms with Crippen LogP contribution in [0, 0.1) is 20.8 Å². The van der Waals surface area contributed by atoms with E-state index in [1.807, 2.05) is 6.07 Å². The van der Waals surface area contributed by atoms with Crippen LogP contribution in [0.1, 0.15) is 71.8 Å². The van der Waals surface area contributed by atoms with Crippen LogP contribution in [-0.2, 0) is 13.1 Å². The Balaban J connectivity index is 1.44. The highest BCUT2D eigenvalue weighted by Crippen LogP contribution is 2.40. The summed E-state index contributed by atoms with van der Waals surface area (Å²) in [6.07, 6.45) is 4.47. The second-order valence-electron chi connectivity index (χ2n) is 9.00. The third-order valence-electron chi connectivity index (χ3n) is 6.98. The average molecular weight is 425 g/mol. The second-order valence-corrected chi connectivity index (χ2v) is 9.44. The van der Waals surface area contributed by atoms with Crippen molar-refractivity contribution < 1.29 is 0 Å². The van der Waals surface area contributed by atoms with Gasteiger partial charge < -0.3 is 0 Å². The monoisotopic (exact) mass is 424 g/mol. The van der Waals surface area contributed by atoms with E-state index in [0.717, 1.165) is 61.1 Å². The number of benzene rings is 1. The van der Waals surface area contributed by atoms with Crippen LogP contribution in [0.25, 0.3) is 5.69 Å². The van der Waals surface area contributed by atoms with E-state index in [2.05, 4.69) is 64.3 Å². The van der Waals surface area contributed by atoms with Gasteiger partial charge in [0.2, 0.25) is 0 Å². The summed E-state index contributed by atoms with van der Waals surface area (Å²) in [5.41, 5.74) is 6.18. The maximum atomic E-state index is 6.30. The van der Waals surface area contributed by atoms with E-state index in [1.54, 1.807) is 0 Å². The molecule has 5 rings (SSSR count). The topological polar surface area (TPSA) is 51.8 Å². The lowest BCUT2D eigenvalue weighted by Gasteiger charge is -2.29. The molecule has 0 radical (unpaired) electrons. The Morgan fingerprint density at radius 1 is 1.00 bits per heavy atom. The van der Waals surface area contributed by atoms with E-state index in [9.17, 15) is 0 Å². The molecule has 1 fully saturated rings. The Morgan fingerprint density at radius 2 is 1.77 bits per heavy atom. The lowest BCUT2D eigenvalue weighted by Crippen LogP contribution is -2.21. The first kappa shape index (κ1) is 19.8. The van der Waals surface area contributed by atoms with Crippen molar-refractivity contribution in [1.29, 1.82) is 0 Å². The van der Waals surface area contributed by atoms with Gasteiger partial charge in [-0.1, -0.05) is 11.6 Å². The molecule has 0 atom stereocenters. The summed E-state index contributed by atoms with van der Waals surface area (Å²) in [5, 5.41) is 14.9. The van der Waals surface area contributed by atoms with E-state index in [1.165, 1.54) is 22.5 Å². The summed E-state index contributed by atoms with van der Waals surface area (Å²) >= 11 is 6.30. The van der Waals surface area contributed by atoms with Crippen molar-refractivity contribution in [3.05, 3.63) is 57.4 Å². The van der Waals surface area contributed by atoms with Crippen molar-refractivity contribution in [2.75, 3.05) is 7.05 Å². The van der Waals surface area contributed by atoms with Crippen molar-refractivity contribution in [1.82, 2.24) is 29.4 Å². The summed E-state index contributed by atoms with van der Waals surface area (Å²) in [6, 6.07) is 6.66. The number of aryl methyl sites for hydroxylation is 1. The number of aromatic nitrogens is 5. The van der Waals surface area contributed by atoms with E-state index in [-0.39, 0.29) is 0 Å². The van der Waals surface area contributed by atoms with Gasteiger partial charge in [0.15, 0.2) is 5.82 Å². The Bertz CT molecular complexity index is 1090. The van der Waals surface area contributed by atoms with Crippen LogP contribution < -0.4 is 0 Å². The van der Waals surface area contributed by atoms with Crippen molar-refractivity contribution in [3.8, 4) is 5.69 Å². The van der Waals surface area contributed by atoms with Crippen LogP contribution in [0.15, 0.2) is 18.2 Å². The van der Waals surface area contributed by atoms with E-state index < -0.39 is 0 Å². The molecule has 0 bridgehead atoms. The van der Waals surface area contributed by atoms with Crippen LogP contribution in [-0.4, -0.2) is 36.5 Å².